The number of nitrogens with one attached hydrogen (secondary N) is 1. The van der Waals surface area contributed by atoms with Gasteiger partial charge in [-0.1, -0.05) is 12.1 Å². The van der Waals surface area contributed by atoms with Crippen molar-refractivity contribution in [2.45, 2.75) is 13.0 Å². The van der Waals surface area contributed by atoms with Crippen LogP contribution < -0.4 is 5.32 Å². The minimum absolute atomic E-state index is 0.894. The van der Waals surface area contributed by atoms with Gasteiger partial charge in [0.2, 0.25) is 0 Å². The molecule has 19 heavy (non-hydrogen) atoms. The Hall–Kier alpha value is -1.65. The molecule has 4 heteroatoms. The number of aryl methyl sites for hydroxylation is 1. The number of para-hydroxylation sites is 2. The molecule has 1 N–H and O–H groups in total. The van der Waals surface area contributed by atoms with E-state index in [1.165, 1.54) is 16.0 Å². The van der Waals surface area contributed by atoms with Crippen LogP contribution in [0.5, 0.6) is 0 Å². The van der Waals surface area contributed by atoms with Gasteiger partial charge in [-0.2, -0.15) is 0 Å². The average Bonchev–Trinajstić information content (AvgIpc) is 2.97. The molecule has 1 aromatic carbocycles. The summed E-state index contributed by atoms with van der Waals surface area (Å²) in [5.41, 5.74) is 3.61. The molecule has 0 saturated carbocycles. The summed E-state index contributed by atoms with van der Waals surface area (Å²) in [6.07, 6.45) is 0.894. The van der Waals surface area contributed by atoms with E-state index >= 15 is 0 Å². The van der Waals surface area contributed by atoms with Gasteiger partial charge in [-0.25, -0.2) is 4.98 Å². The van der Waals surface area contributed by atoms with Crippen LogP contribution in [0.1, 0.15) is 16.3 Å². The van der Waals surface area contributed by atoms with Crippen LogP contribution in [0.4, 0.5) is 0 Å². The van der Waals surface area contributed by atoms with E-state index in [2.05, 4.69) is 46.6 Å². The summed E-state index contributed by atoms with van der Waals surface area (Å²) in [6.45, 7) is 0.938. The minimum Gasteiger partial charge on any atom is -0.331 e. The Bertz CT molecular complexity index is 696. The van der Waals surface area contributed by atoms with Crippen LogP contribution in [0.15, 0.2) is 35.7 Å². The Labute approximate surface area is 116 Å². The molecular formula is C15H17N3S. The number of hydrogen-bond donors (Lipinski definition) is 1. The Morgan fingerprint density at radius 1 is 1.32 bits per heavy atom. The second kappa shape index (κ2) is 5.15. The monoisotopic (exact) mass is 271 g/mol. The smallest absolute Gasteiger partial charge is 0.114 e. The van der Waals surface area contributed by atoms with Crippen LogP contribution in [0.2, 0.25) is 0 Å². The van der Waals surface area contributed by atoms with Crippen molar-refractivity contribution in [1.29, 1.82) is 0 Å². The van der Waals surface area contributed by atoms with Gasteiger partial charge in [0.1, 0.15) is 5.82 Å². The summed E-state index contributed by atoms with van der Waals surface area (Å²) in [4.78, 5) is 6.09. The van der Waals surface area contributed by atoms with Gasteiger partial charge in [-0.05, 0) is 36.2 Å². The van der Waals surface area contributed by atoms with E-state index in [9.17, 15) is 0 Å². The molecule has 0 aliphatic carbocycles. The second-order valence-corrected chi connectivity index (χ2v) is 5.70. The van der Waals surface area contributed by atoms with Crippen molar-refractivity contribution >= 4 is 22.4 Å². The predicted molar refractivity (Wildman–Crippen MR) is 80.6 cm³/mol. The van der Waals surface area contributed by atoms with Crippen LogP contribution in [0, 0.1) is 0 Å². The Kier molecular flexibility index (Phi) is 3.36. The highest BCUT2D eigenvalue weighted by atomic mass is 32.1. The van der Waals surface area contributed by atoms with Crippen LogP contribution >= 0.6 is 11.3 Å². The van der Waals surface area contributed by atoms with Crippen LogP contribution in [-0.2, 0) is 20.0 Å². The van der Waals surface area contributed by atoms with Gasteiger partial charge in [0.25, 0.3) is 0 Å². The third-order valence-electron chi connectivity index (χ3n) is 3.30. The number of hydrogen-bond acceptors (Lipinski definition) is 3. The molecule has 0 spiro atoms. The van der Waals surface area contributed by atoms with Gasteiger partial charge >= 0.3 is 0 Å². The van der Waals surface area contributed by atoms with Crippen LogP contribution in [-0.4, -0.2) is 16.6 Å². The predicted octanol–water partition coefficient (Wildman–Crippen LogP) is 2.95. The van der Waals surface area contributed by atoms with Crippen molar-refractivity contribution in [2.75, 3.05) is 7.05 Å². The molecule has 0 fully saturated rings. The summed E-state index contributed by atoms with van der Waals surface area (Å²) in [6, 6.07) is 10.5. The zero-order valence-electron chi connectivity index (χ0n) is 11.2. The molecule has 0 aliphatic rings. The van der Waals surface area contributed by atoms with Crippen molar-refractivity contribution in [1.82, 2.24) is 14.9 Å². The summed E-state index contributed by atoms with van der Waals surface area (Å²) in [5, 5.41) is 5.41. The maximum Gasteiger partial charge on any atom is 0.114 e. The van der Waals surface area contributed by atoms with Gasteiger partial charge in [0.05, 0.1) is 11.0 Å². The van der Waals surface area contributed by atoms with Crippen LogP contribution in [0.25, 0.3) is 11.0 Å². The first-order chi connectivity index (χ1) is 9.28. The highest BCUT2D eigenvalue weighted by Crippen LogP contribution is 2.20. The maximum absolute atomic E-state index is 4.71. The Morgan fingerprint density at radius 2 is 2.16 bits per heavy atom. The Balaban J connectivity index is 1.89. The van der Waals surface area contributed by atoms with E-state index in [4.69, 9.17) is 4.98 Å². The highest BCUT2D eigenvalue weighted by molar-refractivity contribution is 7.10. The van der Waals surface area contributed by atoms with Gasteiger partial charge in [-0.3, -0.25) is 0 Å². The minimum atomic E-state index is 0.894. The zero-order valence-corrected chi connectivity index (χ0v) is 12.0. The van der Waals surface area contributed by atoms with Gasteiger partial charge < -0.3 is 9.88 Å². The van der Waals surface area contributed by atoms with Crippen molar-refractivity contribution in [3.8, 4) is 0 Å². The standard InChI is InChI=1S/C15H17N3S/c1-16-9-12-7-11(10-19-12)8-15-17-13-5-3-4-6-14(13)18(15)2/h3-7,10,16H,8-9H2,1-2H3. The van der Waals surface area contributed by atoms with E-state index in [1.54, 1.807) is 11.3 Å². The molecule has 3 rings (SSSR count). The third-order valence-corrected chi connectivity index (χ3v) is 4.29. The van der Waals surface area contributed by atoms with Crippen molar-refractivity contribution in [2.24, 2.45) is 7.05 Å². The van der Waals surface area contributed by atoms with Crippen molar-refractivity contribution in [3.63, 3.8) is 0 Å². The van der Waals surface area contributed by atoms with Gasteiger partial charge in [0, 0.05) is 24.9 Å². The number of aromatic nitrogens is 2. The molecule has 0 radical (unpaired) electrons. The molecule has 2 heterocycles. The zero-order chi connectivity index (χ0) is 13.2. The van der Waals surface area contributed by atoms with Gasteiger partial charge in [-0.15, -0.1) is 11.3 Å². The topological polar surface area (TPSA) is 29.9 Å². The largest absolute Gasteiger partial charge is 0.331 e. The first kappa shape index (κ1) is 12.4. The van der Waals surface area contributed by atoms with Gasteiger partial charge in [0.15, 0.2) is 0 Å². The second-order valence-electron chi connectivity index (χ2n) is 4.70. The molecule has 0 aliphatic heterocycles. The lowest BCUT2D eigenvalue weighted by Gasteiger charge is -2.00. The number of rotatable bonds is 4. The fourth-order valence-corrected chi connectivity index (χ4v) is 3.22. The van der Waals surface area contributed by atoms with E-state index in [0.29, 0.717) is 0 Å². The summed E-state index contributed by atoms with van der Waals surface area (Å²) in [7, 11) is 4.07. The summed E-state index contributed by atoms with van der Waals surface area (Å²) in [5.74, 6) is 1.12. The Morgan fingerprint density at radius 3 is 2.95 bits per heavy atom. The number of imidazole rings is 1. The third kappa shape index (κ3) is 2.41. The summed E-state index contributed by atoms with van der Waals surface area (Å²) >= 11 is 1.81. The van der Waals surface area contributed by atoms with E-state index in [1.807, 2.05) is 13.1 Å². The van der Waals surface area contributed by atoms with E-state index in [0.717, 1.165) is 24.3 Å². The molecule has 2 aromatic heterocycles. The van der Waals surface area contributed by atoms with E-state index in [-0.39, 0.29) is 0 Å². The molecule has 0 unspecified atom stereocenters. The normalized spacial score (nSPS) is 11.3. The van der Waals surface area contributed by atoms with Crippen molar-refractivity contribution in [3.05, 3.63) is 52.0 Å². The quantitative estimate of drug-likeness (QED) is 0.790. The first-order valence-corrected chi connectivity index (χ1v) is 7.27. The lowest BCUT2D eigenvalue weighted by Crippen LogP contribution is -2.03. The summed E-state index contributed by atoms with van der Waals surface area (Å²) < 4.78 is 2.19. The van der Waals surface area contributed by atoms with Crippen LogP contribution in [0.3, 0.4) is 0 Å². The molecule has 0 saturated heterocycles. The number of nitrogens with zero attached hydrogens (tertiary/aromatic N) is 2. The molecule has 0 atom stereocenters. The first-order valence-electron chi connectivity index (χ1n) is 6.39. The lowest BCUT2D eigenvalue weighted by molar-refractivity contribution is 0.827. The number of benzene rings is 1. The number of fused-ring (bicyclic) bond motifs is 1. The SMILES string of the molecule is CNCc1cc(Cc2nc3ccccc3n2C)cs1. The van der Waals surface area contributed by atoms with Crippen molar-refractivity contribution < 1.29 is 0 Å². The molecule has 98 valence electrons. The highest BCUT2D eigenvalue weighted by Gasteiger charge is 2.08. The average molecular weight is 271 g/mol. The molecule has 3 aromatic rings. The fraction of sp³-hybridized carbons (Fsp3) is 0.267. The fourth-order valence-electron chi connectivity index (χ4n) is 2.32. The number of thiophene rings is 1. The molecular weight excluding hydrogens is 254 g/mol. The molecule has 0 bridgehead atoms. The maximum atomic E-state index is 4.71. The molecule has 3 nitrogen and oxygen atoms in total. The van der Waals surface area contributed by atoms with E-state index < -0.39 is 0 Å². The lowest BCUT2D eigenvalue weighted by atomic mass is 10.2. The molecule has 0 amide bonds.